The summed E-state index contributed by atoms with van der Waals surface area (Å²) in [5.41, 5.74) is 0.570. The highest BCUT2D eigenvalue weighted by Crippen LogP contribution is 2.42. The minimum atomic E-state index is -2.89. The molecule has 0 unspecified atom stereocenters. The number of phenolic OH excluding ortho intramolecular Hbond substituents is 2. The lowest BCUT2D eigenvalue weighted by molar-refractivity contribution is -0.421. The van der Waals surface area contributed by atoms with E-state index >= 15 is 0 Å². The number of esters is 4. The summed E-state index contributed by atoms with van der Waals surface area (Å²) in [7, 11) is 1.27. The Balaban J connectivity index is 1.36. The molecule has 4 heterocycles. The maximum Gasteiger partial charge on any atom is 0.338 e. The van der Waals surface area contributed by atoms with Gasteiger partial charge in [-0.25, -0.2) is 14.4 Å². The number of ether oxygens (including phenoxy) is 12. The van der Waals surface area contributed by atoms with Gasteiger partial charge in [-0.3, -0.25) is 4.79 Å². The Hall–Kier alpha value is -6.26. The summed E-state index contributed by atoms with van der Waals surface area (Å²) < 4.78 is 70.4. The molecular formula is C52H62O28. The van der Waals surface area contributed by atoms with Crippen LogP contribution in [-0.4, -0.2) is 242 Å². The van der Waals surface area contributed by atoms with Crippen LogP contribution in [0.15, 0.2) is 84.9 Å². The average molecular weight is 1140 g/mol. The summed E-state index contributed by atoms with van der Waals surface area (Å²) in [6.07, 6.45) is -33.2. The van der Waals surface area contributed by atoms with E-state index in [1.807, 2.05) is 0 Å². The molecule has 3 aromatic rings. The van der Waals surface area contributed by atoms with Crippen LogP contribution in [0.4, 0.5) is 0 Å². The van der Waals surface area contributed by atoms with E-state index in [9.17, 15) is 80.5 Å². The summed E-state index contributed by atoms with van der Waals surface area (Å²) in [5, 5.41) is 130. The second kappa shape index (κ2) is 27.5. The fourth-order valence-corrected chi connectivity index (χ4v) is 8.87. The molecule has 28 heteroatoms. The summed E-state index contributed by atoms with van der Waals surface area (Å²) >= 11 is 0. The molecule has 438 valence electrons. The fraction of sp³-hybridized carbons (Fsp3) is 0.500. The van der Waals surface area contributed by atoms with E-state index in [4.69, 9.17) is 56.8 Å². The molecule has 4 fully saturated rings. The van der Waals surface area contributed by atoms with Gasteiger partial charge in [0, 0.05) is 19.1 Å². The van der Waals surface area contributed by atoms with Crippen molar-refractivity contribution in [2.24, 2.45) is 0 Å². The third-order valence-electron chi connectivity index (χ3n) is 13.1. The van der Waals surface area contributed by atoms with Crippen molar-refractivity contribution in [2.75, 3.05) is 40.1 Å². The van der Waals surface area contributed by atoms with Crippen LogP contribution >= 0.6 is 0 Å². The number of carbonyl (C=O) groups is 4. The van der Waals surface area contributed by atoms with Gasteiger partial charge < -0.3 is 118 Å². The number of benzene rings is 3. The second-order valence-corrected chi connectivity index (χ2v) is 18.6. The first-order valence-electron chi connectivity index (χ1n) is 24.7. The van der Waals surface area contributed by atoms with Gasteiger partial charge in [-0.15, -0.1) is 0 Å². The van der Waals surface area contributed by atoms with Crippen LogP contribution in [0.5, 0.6) is 17.2 Å². The fourth-order valence-electron chi connectivity index (χ4n) is 8.87. The first-order chi connectivity index (χ1) is 38.2. The number of methoxy groups -OCH3 is 1. The van der Waals surface area contributed by atoms with Crippen molar-refractivity contribution in [3.05, 3.63) is 102 Å². The molecule has 0 bridgehead atoms. The van der Waals surface area contributed by atoms with E-state index in [0.717, 1.165) is 19.1 Å². The van der Waals surface area contributed by atoms with Crippen LogP contribution < -0.4 is 4.74 Å². The third kappa shape index (κ3) is 14.4. The summed E-state index contributed by atoms with van der Waals surface area (Å²) in [6, 6.07) is 16.7. The molecule has 12 N–H and O–H groups in total. The Morgan fingerprint density at radius 2 is 1.16 bits per heavy atom. The standard InChI is InChI=1S/C52H62O28/c1-24(56)70-22-34-38(62)41(65)43(67)50(74-34)76-45-44(75-36(60)17-12-26-10-15-29(58)30(18-26)69-2)33(21-55)73-51(46(45)77-49-42(66)40(64)37(61)31(19-53)72-49)80-52(23-71-35(59)16-11-25-8-13-28(57)14-9-25)47(39(63)32(20-54)79-52)78-48(68)27-6-4-3-5-7-27/h3-18,31-34,37-47,49-51,53-55,57-58,61-67H,19-23H2,1-2H3/b16-11+,17-12+/t31-,32-,33-,34-,37-,38-,39-,40+,41+,42-,43-,44-,45+,46-,47+,49+,50+,51-,52+/m1/s1. The number of aliphatic hydroxyl groups excluding tert-OH is 10. The van der Waals surface area contributed by atoms with Gasteiger partial charge in [-0.2, -0.15) is 0 Å². The molecular weight excluding hydrogens is 1070 g/mol. The molecule has 0 aliphatic carbocycles. The minimum absolute atomic E-state index is 0.0128. The quantitative estimate of drug-likeness (QED) is 0.0281. The highest BCUT2D eigenvalue weighted by atomic mass is 16.8. The molecule has 80 heavy (non-hydrogen) atoms. The zero-order chi connectivity index (χ0) is 58.0. The van der Waals surface area contributed by atoms with Gasteiger partial charge in [0.15, 0.2) is 42.6 Å². The molecule has 4 saturated heterocycles. The molecule has 3 aromatic carbocycles. The van der Waals surface area contributed by atoms with Crippen molar-refractivity contribution >= 4 is 36.0 Å². The van der Waals surface area contributed by atoms with Crippen molar-refractivity contribution in [3.63, 3.8) is 0 Å². The number of hydrogen-bond donors (Lipinski definition) is 12. The zero-order valence-electron chi connectivity index (χ0n) is 42.6. The van der Waals surface area contributed by atoms with E-state index in [-0.39, 0.29) is 28.4 Å². The lowest BCUT2D eigenvalue weighted by Crippen LogP contribution is -2.69. The second-order valence-electron chi connectivity index (χ2n) is 18.6. The summed E-state index contributed by atoms with van der Waals surface area (Å²) in [5.74, 6) is -7.61. The monoisotopic (exact) mass is 1130 g/mol. The largest absolute Gasteiger partial charge is 0.508 e. The van der Waals surface area contributed by atoms with E-state index in [2.05, 4.69) is 0 Å². The highest BCUT2D eigenvalue weighted by Gasteiger charge is 2.64. The Labute approximate surface area is 454 Å². The SMILES string of the molecule is COc1cc(/C=C/C(=O)O[C@H]2[C@H](O[C@@H]3O[C@H](COC(C)=O)[C@@H](O)[C@H](O)[C@H]3O)[C@@H](O[C@@H]3O[C@H](CO)[C@@H](O)[C@H](O)[C@H]3O)[C@@H](O[C@]3(COC(=O)/C=C/c4ccc(O)cc4)O[C@H](CO)[C@@H](O)[C@@H]3OC(=O)c3ccccc3)O[C@@H]2CO)ccc1O. The molecule has 0 amide bonds. The molecule has 0 saturated carbocycles. The van der Waals surface area contributed by atoms with Gasteiger partial charge in [0.2, 0.25) is 5.79 Å². The van der Waals surface area contributed by atoms with Crippen molar-refractivity contribution in [3.8, 4) is 17.2 Å². The maximum atomic E-state index is 14.0. The molecule has 0 radical (unpaired) electrons. The molecule has 7 rings (SSSR count). The molecule has 0 spiro atoms. The van der Waals surface area contributed by atoms with Crippen LogP contribution in [0.1, 0.15) is 28.4 Å². The van der Waals surface area contributed by atoms with Crippen LogP contribution in [0, 0.1) is 0 Å². The number of hydrogen-bond acceptors (Lipinski definition) is 28. The van der Waals surface area contributed by atoms with Gasteiger partial charge in [-0.05, 0) is 59.7 Å². The van der Waals surface area contributed by atoms with E-state index in [1.54, 1.807) is 6.07 Å². The minimum Gasteiger partial charge on any atom is -0.508 e. The van der Waals surface area contributed by atoms with Gasteiger partial charge in [0.25, 0.3) is 0 Å². The van der Waals surface area contributed by atoms with E-state index in [1.165, 1.54) is 86.0 Å². The van der Waals surface area contributed by atoms with Crippen molar-refractivity contribution in [2.45, 2.75) is 123 Å². The maximum absolute atomic E-state index is 14.0. The predicted octanol–water partition coefficient (Wildman–Crippen LogP) is -3.36. The van der Waals surface area contributed by atoms with Crippen LogP contribution in [0.25, 0.3) is 12.2 Å². The highest BCUT2D eigenvalue weighted by molar-refractivity contribution is 5.90. The Morgan fingerprint density at radius 3 is 1.79 bits per heavy atom. The average Bonchev–Trinajstić information content (AvgIpc) is 3.92. The van der Waals surface area contributed by atoms with Gasteiger partial charge >= 0.3 is 23.9 Å². The van der Waals surface area contributed by atoms with E-state index < -0.39 is 173 Å². The zero-order valence-corrected chi connectivity index (χ0v) is 42.6. The van der Waals surface area contributed by atoms with Crippen molar-refractivity contribution < 1.29 is 137 Å². The topological polar surface area (TPSA) is 422 Å². The van der Waals surface area contributed by atoms with Crippen LogP contribution in [-0.2, 0) is 66.5 Å². The summed E-state index contributed by atoms with van der Waals surface area (Å²) in [6.45, 7) is -4.16. The molecule has 19 atom stereocenters. The molecule has 4 aliphatic rings. The Bertz CT molecular complexity index is 2600. The normalized spacial score (nSPS) is 34.5. The van der Waals surface area contributed by atoms with Crippen LogP contribution in [0.2, 0.25) is 0 Å². The van der Waals surface area contributed by atoms with Gasteiger partial charge in [-0.1, -0.05) is 36.4 Å². The number of phenols is 2. The van der Waals surface area contributed by atoms with Crippen molar-refractivity contribution in [1.29, 1.82) is 0 Å². The van der Waals surface area contributed by atoms with Gasteiger partial charge in [0.1, 0.15) is 98.3 Å². The lowest BCUT2D eigenvalue weighted by Gasteiger charge is -2.50. The lowest BCUT2D eigenvalue weighted by atomic mass is 9.95. The Kier molecular flexibility index (Phi) is 21.1. The van der Waals surface area contributed by atoms with Crippen molar-refractivity contribution in [1.82, 2.24) is 0 Å². The third-order valence-corrected chi connectivity index (χ3v) is 13.1. The predicted molar refractivity (Wildman–Crippen MR) is 262 cm³/mol. The number of rotatable bonds is 21. The van der Waals surface area contributed by atoms with Gasteiger partial charge in [0.05, 0.1) is 32.5 Å². The molecule has 0 aromatic heterocycles. The first kappa shape index (κ1) is 61.4. The number of aliphatic hydroxyl groups is 10. The molecule has 4 aliphatic heterocycles. The summed E-state index contributed by atoms with van der Waals surface area (Å²) in [4.78, 5) is 53.3. The van der Waals surface area contributed by atoms with Crippen LogP contribution in [0.3, 0.4) is 0 Å². The smallest absolute Gasteiger partial charge is 0.338 e. The van der Waals surface area contributed by atoms with E-state index in [0.29, 0.717) is 5.56 Å². The Morgan fingerprint density at radius 1 is 0.588 bits per heavy atom. The first-order valence-corrected chi connectivity index (χ1v) is 24.7. The number of carbonyl (C=O) groups excluding carboxylic acids is 4. The number of aromatic hydroxyl groups is 2. The molecule has 28 nitrogen and oxygen atoms in total.